The molecule has 0 N–H and O–H groups in total. The van der Waals surface area contributed by atoms with Crippen LogP contribution in [0.4, 0.5) is 13.2 Å². The fraction of sp³-hybridized carbons (Fsp3) is 0.444. The lowest BCUT2D eigenvalue weighted by Gasteiger charge is -2.18. The highest BCUT2D eigenvalue weighted by atomic mass is 35.7. The predicted octanol–water partition coefficient (Wildman–Crippen LogP) is 2.62. The van der Waals surface area contributed by atoms with Gasteiger partial charge in [-0.25, -0.2) is 8.42 Å². The number of rotatable bonds is 3. The number of carbonyl (C=O) groups is 1. The van der Waals surface area contributed by atoms with Crippen LogP contribution in [-0.4, -0.2) is 39.0 Å². The molecule has 19 heavy (non-hydrogen) atoms. The van der Waals surface area contributed by atoms with E-state index in [2.05, 4.69) is 0 Å². The minimum absolute atomic E-state index is 0.0547. The topological polar surface area (TPSA) is 54.5 Å². The molecule has 0 unspecified atom stereocenters. The predicted molar refractivity (Wildman–Crippen MR) is 65.1 cm³/mol. The van der Waals surface area contributed by atoms with E-state index in [1.165, 1.54) is 12.3 Å². The lowest BCUT2D eigenvalue weighted by Crippen LogP contribution is -2.35. The molecule has 108 valence electrons. The first kappa shape index (κ1) is 16.3. The second-order valence-electron chi connectivity index (χ2n) is 3.78. The number of alkyl halides is 3. The molecule has 1 rings (SSSR count). The van der Waals surface area contributed by atoms with E-state index in [9.17, 15) is 26.4 Å². The molecule has 0 aromatic carbocycles. The van der Waals surface area contributed by atoms with Crippen molar-refractivity contribution in [2.75, 3.05) is 13.6 Å². The molecule has 0 bridgehead atoms. The van der Waals surface area contributed by atoms with E-state index in [-0.39, 0.29) is 15.3 Å². The number of carbonyl (C=O) groups excluding carboxylic acids is 1. The van der Waals surface area contributed by atoms with Gasteiger partial charge in [-0.3, -0.25) is 4.79 Å². The summed E-state index contributed by atoms with van der Waals surface area (Å²) in [6, 6.07) is 0. The van der Waals surface area contributed by atoms with Crippen molar-refractivity contribution >= 4 is 37.0 Å². The lowest BCUT2D eigenvalue weighted by atomic mass is 10.2. The standard InChI is InChI=1S/C9H9ClF3NO3S2/c1-5-6(3-18-8(5)19(10,16)17)7(15)14(2)4-9(11,12)13/h3H,4H2,1-2H3. The van der Waals surface area contributed by atoms with Crippen molar-refractivity contribution in [2.45, 2.75) is 17.3 Å². The molecule has 0 fully saturated rings. The zero-order valence-electron chi connectivity index (χ0n) is 9.78. The largest absolute Gasteiger partial charge is 0.406 e. The first-order valence-corrected chi connectivity index (χ1v) is 7.97. The van der Waals surface area contributed by atoms with Crippen LogP contribution in [0.5, 0.6) is 0 Å². The quantitative estimate of drug-likeness (QED) is 0.798. The Morgan fingerprint density at radius 3 is 2.37 bits per heavy atom. The second-order valence-corrected chi connectivity index (χ2v) is 7.42. The monoisotopic (exact) mass is 335 g/mol. The van der Waals surface area contributed by atoms with E-state index in [0.717, 1.165) is 7.05 Å². The maximum absolute atomic E-state index is 12.2. The van der Waals surface area contributed by atoms with Crippen molar-refractivity contribution in [1.29, 1.82) is 0 Å². The van der Waals surface area contributed by atoms with Crippen LogP contribution < -0.4 is 0 Å². The zero-order valence-corrected chi connectivity index (χ0v) is 12.2. The Morgan fingerprint density at radius 2 is 2.00 bits per heavy atom. The summed E-state index contributed by atoms with van der Waals surface area (Å²) in [7, 11) is 2.12. The van der Waals surface area contributed by atoms with Crippen LogP contribution in [-0.2, 0) is 9.05 Å². The summed E-state index contributed by atoms with van der Waals surface area (Å²) < 4.78 is 58.6. The van der Waals surface area contributed by atoms with E-state index in [1.807, 2.05) is 0 Å². The third-order valence-corrected chi connectivity index (χ3v) is 5.52. The lowest BCUT2D eigenvalue weighted by molar-refractivity contribution is -0.138. The van der Waals surface area contributed by atoms with Gasteiger partial charge in [-0.1, -0.05) is 0 Å². The smallest absolute Gasteiger partial charge is 0.333 e. The van der Waals surface area contributed by atoms with Crippen LogP contribution in [0.2, 0.25) is 0 Å². The van der Waals surface area contributed by atoms with E-state index in [4.69, 9.17) is 10.7 Å². The molecule has 1 aromatic rings. The molecular weight excluding hydrogens is 327 g/mol. The number of amides is 1. The Bertz CT molecular complexity index is 594. The number of halogens is 4. The summed E-state index contributed by atoms with van der Waals surface area (Å²) in [6.45, 7) is -0.0928. The maximum atomic E-state index is 12.2. The molecular formula is C9H9ClF3NO3S2. The maximum Gasteiger partial charge on any atom is 0.406 e. The van der Waals surface area contributed by atoms with Gasteiger partial charge in [0.05, 0.1) is 5.56 Å². The van der Waals surface area contributed by atoms with E-state index < -0.39 is 27.7 Å². The Labute approximate surface area is 116 Å². The number of hydrogen-bond donors (Lipinski definition) is 0. The summed E-state index contributed by atoms with van der Waals surface area (Å²) in [5.41, 5.74) is -0.0463. The molecule has 0 aliphatic heterocycles. The zero-order chi connectivity index (χ0) is 15.0. The van der Waals surface area contributed by atoms with E-state index in [1.54, 1.807) is 0 Å². The van der Waals surface area contributed by atoms with Crippen molar-refractivity contribution < 1.29 is 26.4 Å². The summed E-state index contributed by atoms with van der Waals surface area (Å²) >= 11 is 0.698. The van der Waals surface area contributed by atoms with Crippen LogP contribution in [0.15, 0.2) is 9.59 Å². The highest BCUT2D eigenvalue weighted by molar-refractivity contribution is 8.15. The van der Waals surface area contributed by atoms with Crippen molar-refractivity contribution in [3.05, 3.63) is 16.5 Å². The number of thiophene rings is 1. The summed E-state index contributed by atoms with van der Waals surface area (Å²) in [4.78, 5) is 12.3. The van der Waals surface area contributed by atoms with Gasteiger partial charge in [-0.05, 0) is 12.5 Å². The molecule has 0 aliphatic carbocycles. The SMILES string of the molecule is Cc1c(C(=O)N(C)CC(F)(F)F)csc1S(=O)(=O)Cl. The van der Waals surface area contributed by atoms with Gasteiger partial charge in [0, 0.05) is 23.1 Å². The Kier molecular flexibility index (Phi) is 4.53. The first-order valence-electron chi connectivity index (χ1n) is 4.78. The fourth-order valence-electron chi connectivity index (χ4n) is 1.40. The Morgan fingerprint density at radius 1 is 1.47 bits per heavy atom. The molecule has 0 spiro atoms. The van der Waals surface area contributed by atoms with Gasteiger partial charge in [0.25, 0.3) is 15.0 Å². The molecule has 1 heterocycles. The molecule has 1 amide bonds. The molecule has 0 atom stereocenters. The number of nitrogens with zero attached hydrogens (tertiary/aromatic N) is 1. The summed E-state index contributed by atoms with van der Waals surface area (Å²) in [5.74, 6) is -0.905. The molecule has 10 heteroatoms. The summed E-state index contributed by atoms with van der Waals surface area (Å²) in [5, 5.41) is 1.18. The van der Waals surface area contributed by atoms with Crippen LogP contribution >= 0.6 is 22.0 Å². The Hall–Kier alpha value is -0.800. The van der Waals surface area contributed by atoms with Gasteiger partial charge in [0.2, 0.25) is 0 Å². The summed E-state index contributed by atoms with van der Waals surface area (Å²) in [6.07, 6.45) is -4.52. The third-order valence-electron chi connectivity index (χ3n) is 2.21. The second kappa shape index (κ2) is 5.29. The highest BCUT2D eigenvalue weighted by Gasteiger charge is 2.32. The normalized spacial score (nSPS) is 12.5. The van der Waals surface area contributed by atoms with Crippen LogP contribution in [0, 0.1) is 6.92 Å². The molecule has 1 aromatic heterocycles. The van der Waals surface area contributed by atoms with Gasteiger partial charge in [-0.15, -0.1) is 11.3 Å². The fourth-order valence-corrected chi connectivity index (χ4v) is 3.94. The Balaban J connectivity index is 3.06. The number of hydrogen-bond acceptors (Lipinski definition) is 4. The van der Waals surface area contributed by atoms with Crippen LogP contribution in [0.25, 0.3) is 0 Å². The van der Waals surface area contributed by atoms with Crippen molar-refractivity contribution in [2.24, 2.45) is 0 Å². The van der Waals surface area contributed by atoms with E-state index >= 15 is 0 Å². The van der Waals surface area contributed by atoms with E-state index in [0.29, 0.717) is 16.2 Å². The van der Waals surface area contributed by atoms with Gasteiger partial charge >= 0.3 is 6.18 Å². The molecule has 0 radical (unpaired) electrons. The van der Waals surface area contributed by atoms with Crippen molar-refractivity contribution in [3.63, 3.8) is 0 Å². The van der Waals surface area contributed by atoms with Gasteiger partial charge in [0.15, 0.2) is 0 Å². The average Bonchev–Trinajstić information content (AvgIpc) is 2.55. The van der Waals surface area contributed by atoms with Crippen molar-refractivity contribution in [3.8, 4) is 0 Å². The minimum Gasteiger partial charge on any atom is -0.333 e. The minimum atomic E-state index is -4.52. The van der Waals surface area contributed by atoms with Gasteiger partial charge in [0.1, 0.15) is 10.8 Å². The van der Waals surface area contributed by atoms with Gasteiger partial charge in [-0.2, -0.15) is 13.2 Å². The molecule has 0 aliphatic rings. The third kappa shape index (κ3) is 4.08. The van der Waals surface area contributed by atoms with Gasteiger partial charge < -0.3 is 4.90 Å². The molecule has 4 nitrogen and oxygen atoms in total. The average molecular weight is 336 g/mol. The molecule has 0 saturated heterocycles. The van der Waals surface area contributed by atoms with Crippen LogP contribution in [0.3, 0.4) is 0 Å². The first-order chi connectivity index (χ1) is 8.43. The van der Waals surface area contributed by atoms with Crippen molar-refractivity contribution in [1.82, 2.24) is 4.90 Å². The highest BCUT2D eigenvalue weighted by Crippen LogP contribution is 2.30. The van der Waals surface area contributed by atoms with Crippen LogP contribution in [0.1, 0.15) is 15.9 Å². The molecule has 0 saturated carbocycles.